The van der Waals surface area contributed by atoms with Crippen molar-refractivity contribution in [2.45, 2.75) is 6.42 Å². The Morgan fingerprint density at radius 2 is 1.53 bits per heavy atom. The fraction of sp³-hybridized carbons (Fsp3) is 0.111. The number of carboxylic acids is 2. The number of carbonyl (C=O) groups excluding carboxylic acids is 1. The molecule has 1 heterocycles. The molecule has 0 spiro atoms. The van der Waals surface area contributed by atoms with Crippen LogP contribution in [0, 0.1) is 0 Å². The molecular weight excluding hydrogens is 202 g/mol. The summed E-state index contributed by atoms with van der Waals surface area (Å²) in [5.74, 6) is -4.44. The van der Waals surface area contributed by atoms with Gasteiger partial charge in [0.1, 0.15) is 6.42 Å². The van der Waals surface area contributed by atoms with E-state index in [-0.39, 0.29) is 0 Å². The third-order valence-corrected chi connectivity index (χ3v) is 1.12. The number of aliphatic carboxylic acids is 2. The zero-order valence-electron chi connectivity index (χ0n) is 7.66. The lowest BCUT2D eigenvalue weighted by molar-refractivity contribution is -0.152. The van der Waals surface area contributed by atoms with Crippen LogP contribution in [0.5, 0.6) is 0 Å². The predicted octanol–water partition coefficient (Wildman–Crippen LogP) is 0.196. The van der Waals surface area contributed by atoms with Gasteiger partial charge in [-0.05, 0) is 12.1 Å². The number of rotatable bonds is 3. The molecule has 0 radical (unpaired) electrons. The second-order valence-corrected chi connectivity index (χ2v) is 2.32. The summed E-state index contributed by atoms with van der Waals surface area (Å²) in [4.78, 5) is 33.0. The van der Waals surface area contributed by atoms with Gasteiger partial charge in [0.15, 0.2) is 0 Å². The molecule has 1 aromatic heterocycles. The molecule has 0 atom stereocenters. The van der Waals surface area contributed by atoms with Gasteiger partial charge >= 0.3 is 11.9 Å². The van der Waals surface area contributed by atoms with Crippen LogP contribution in [0.3, 0.4) is 0 Å². The Bertz CT molecular complexity index is 309. The third-order valence-electron chi connectivity index (χ3n) is 1.12. The topological polar surface area (TPSA) is 105 Å². The number of pyridine rings is 1. The average Bonchev–Trinajstić information content (AvgIpc) is 2.20. The third kappa shape index (κ3) is 8.10. The zero-order valence-corrected chi connectivity index (χ0v) is 7.66. The highest BCUT2D eigenvalue weighted by molar-refractivity contribution is 6.35. The van der Waals surface area contributed by atoms with Crippen LogP contribution in [0.2, 0.25) is 0 Å². The number of ketones is 1. The molecule has 0 bridgehead atoms. The largest absolute Gasteiger partial charge is 0.481 e. The van der Waals surface area contributed by atoms with Gasteiger partial charge in [0, 0.05) is 12.4 Å². The van der Waals surface area contributed by atoms with E-state index in [0.29, 0.717) is 0 Å². The van der Waals surface area contributed by atoms with Crippen LogP contribution >= 0.6 is 0 Å². The van der Waals surface area contributed by atoms with Crippen LogP contribution in [-0.4, -0.2) is 32.9 Å². The smallest absolute Gasteiger partial charge is 0.372 e. The molecule has 6 nitrogen and oxygen atoms in total. The predicted molar refractivity (Wildman–Crippen MR) is 49.1 cm³/mol. The molecule has 6 heteroatoms. The first kappa shape index (κ1) is 12.8. The van der Waals surface area contributed by atoms with Crippen molar-refractivity contribution >= 4 is 17.7 Å². The van der Waals surface area contributed by atoms with Crippen LogP contribution in [-0.2, 0) is 14.4 Å². The second-order valence-electron chi connectivity index (χ2n) is 2.32. The summed E-state index contributed by atoms with van der Waals surface area (Å²) in [5.41, 5.74) is 0. The molecule has 0 aliphatic heterocycles. The Kier molecular flexibility index (Phi) is 6.12. The molecule has 0 aromatic carbocycles. The summed E-state index contributed by atoms with van der Waals surface area (Å²) in [5, 5.41) is 15.7. The van der Waals surface area contributed by atoms with Crippen LogP contribution in [0.15, 0.2) is 30.6 Å². The summed E-state index contributed by atoms with van der Waals surface area (Å²) >= 11 is 0. The van der Waals surface area contributed by atoms with Gasteiger partial charge in [0.25, 0.3) is 5.78 Å². The maximum absolute atomic E-state index is 9.97. The molecule has 1 rings (SSSR count). The van der Waals surface area contributed by atoms with Crippen molar-refractivity contribution in [1.82, 2.24) is 4.98 Å². The molecule has 0 fully saturated rings. The van der Waals surface area contributed by atoms with Gasteiger partial charge in [-0.2, -0.15) is 0 Å². The monoisotopic (exact) mass is 211 g/mol. The zero-order chi connectivity index (χ0) is 11.7. The molecule has 1 aromatic rings. The van der Waals surface area contributed by atoms with E-state index < -0.39 is 24.1 Å². The first-order valence-electron chi connectivity index (χ1n) is 3.87. The maximum Gasteiger partial charge on any atom is 0.372 e. The normalized spacial score (nSPS) is 8.27. The van der Waals surface area contributed by atoms with E-state index in [0.717, 1.165) is 0 Å². The van der Waals surface area contributed by atoms with E-state index in [1.165, 1.54) is 0 Å². The second kappa shape index (κ2) is 7.19. The number of hydrogen-bond acceptors (Lipinski definition) is 4. The minimum atomic E-state index is -1.71. The summed E-state index contributed by atoms with van der Waals surface area (Å²) in [7, 11) is 0. The van der Waals surface area contributed by atoms with Crippen LogP contribution in [0.1, 0.15) is 6.42 Å². The lowest BCUT2D eigenvalue weighted by Gasteiger charge is -1.85. The highest BCUT2D eigenvalue weighted by Gasteiger charge is 2.14. The quantitative estimate of drug-likeness (QED) is 0.546. The van der Waals surface area contributed by atoms with Gasteiger partial charge in [-0.25, -0.2) is 4.79 Å². The van der Waals surface area contributed by atoms with Gasteiger partial charge < -0.3 is 10.2 Å². The fourth-order valence-corrected chi connectivity index (χ4v) is 0.526. The number of carboxylic acid groups (broad SMARTS) is 2. The van der Waals surface area contributed by atoms with Crippen molar-refractivity contribution in [3.8, 4) is 0 Å². The highest BCUT2D eigenvalue weighted by Crippen LogP contribution is 1.81. The number of nitrogens with zero attached hydrogens (tertiary/aromatic N) is 1. The first-order chi connectivity index (χ1) is 7.04. The molecule has 0 aliphatic rings. The van der Waals surface area contributed by atoms with Gasteiger partial charge in [0.2, 0.25) is 0 Å². The van der Waals surface area contributed by atoms with E-state index in [9.17, 15) is 14.4 Å². The van der Waals surface area contributed by atoms with Crippen molar-refractivity contribution in [3.63, 3.8) is 0 Å². The summed E-state index contributed by atoms with van der Waals surface area (Å²) in [6.45, 7) is 0. The SMILES string of the molecule is O=C(O)CC(=O)C(=O)O.c1ccncc1. The average molecular weight is 211 g/mol. The minimum absolute atomic E-state index is 0.949. The van der Waals surface area contributed by atoms with E-state index >= 15 is 0 Å². The van der Waals surface area contributed by atoms with E-state index in [4.69, 9.17) is 10.2 Å². The first-order valence-corrected chi connectivity index (χ1v) is 3.87. The van der Waals surface area contributed by atoms with E-state index in [1.54, 1.807) is 12.4 Å². The number of hydrogen-bond donors (Lipinski definition) is 2. The summed E-state index contributed by atoms with van der Waals surface area (Å²) in [6.07, 6.45) is 2.55. The van der Waals surface area contributed by atoms with Crippen LogP contribution in [0.4, 0.5) is 0 Å². The Labute approximate surface area is 85.2 Å². The van der Waals surface area contributed by atoms with Gasteiger partial charge in [-0.1, -0.05) is 6.07 Å². The summed E-state index contributed by atoms with van der Waals surface area (Å²) < 4.78 is 0. The Morgan fingerprint density at radius 3 is 1.67 bits per heavy atom. The van der Waals surface area contributed by atoms with Crippen molar-refractivity contribution in [2.24, 2.45) is 0 Å². The van der Waals surface area contributed by atoms with Gasteiger partial charge in [0.05, 0.1) is 0 Å². The van der Waals surface area contributed by atoms with Crippen LogP contribution < -0.4 is 0 Å². The molecule has 2 N–H and O–H groups in total. The minimum Gasteiger partial charge on any atom is -0.481 e. The molecule has 80 valence electrons. The van der Waals surface area contributed by atoms with Gasteiger partial charge in [-0.3, -0.25) is 14.6 Å². The fourth-order valence-electron chi connectivity index (χ4n) is 0.526. The molecule has 0 saturated carbocycles. The van der Waals surface area contributed by atoms with Crippen LogP contribution in [0.25, 0.3) is 0 Å². The van der Waals surface area contributed by atoms with Crippen molar-refractivity contribution in [2.75, 3.05) is 0 Å². The number of carbonyl (C=O) groups is 3. The standard InChI is InChI=1S/C5H5N.C4H4O5/c1-2-4-6-5-3-1;5-2(4(8)9)1-3(6)7/h1-5H;1H2,(H,6,7)(H,8,9). The number of Topliss-reactive ketones (excluding diaryl/α,β-unsaturated/α-hetero) is 1. The Morgan fingerprint density at radius 1 is 1.00 bits per heavy atom. The lowest BCUT2D eigenvalue weighted by Crippen LogP contribution is -2.16. The van der Waals surface area contributed by atoms with Crippen molar-refractivity contribution in [3.05, 3.63) is 30.6 Å². The molecule has 0 saturated heterocycles. The highest BCUT2D eigenvalue weighted by atomic mass is 16.4. The molecule has 0 amide bonds. The van der Waals surface area contributed by atoms with Gasteiger partial charge in [-0.15, -0.1) is 0 Å². The van der Waals surface area contributed by atoms with Crippen molar-refractivity contribution in [1.29, 1.82) is 0 Å². The molecule has 0 unspecified atom stereocenters. The van der Waals surface area contributed by atoms with Crippen molar-refractivity contribution < 1.29 is 24.6 Å². The molecule has 0 aliphatic carbocycles. The Hall–Kier alpha value is -2.24. The maximum atomic E-state index is 9.97. The Balaban J connectivity index is 0.000000280. The lowest BCUT2D eigenvalue weighted by atomic mass is 10.3. The molecule has 15 heavy (non-hydrogen) atoms. The van der Waals surface area contributed by atoms with E-state index in [2.05, 4.69) is 4.98 Å². The summed E-state index contributed by atoms with van der Waals surface area (Å²) in [6, 6.07) is 5.72. The molecular formula is C9H9NO5. The number of aromatic nitrogens is 1. The van der Waals surface area contributed by atoms with E-state index in [1.807, 2.05) is 18.2 Å².